The van der Waals surface area contributed by atoms with E-state index < -0.39 is 13.0 Å². The van der Waals surface area contributed by atoms with Crippen LogP contribution in [-0.2, 0) is 30.0 Å². The Morgan fingerprint density at radius 1 is 1.00 bits per heavy atom. The standard InChI is InChI=1S/3ClH.Fe.Rh/h3*1H;;/q;;;;+3/p-3. The second-order valence-corrected chi connectivity index (χ2v) is 7.61. The summed E-state index contributed by atoms with van der Waals surface area (Å²) in [4.78, 5) is 0. The van der Waals surface area contributed by atoms with E-state index in [1.54, 1.807) is 0 Å². The molecule has 0 saturated heterocycles. The molecule has 0 aromatic rings. The third-order valence-corrected chi connectivity index (χ3v) is 0. The fourth-order valence-corrected chi connectivity index (χ4v) is 0. The van der Waals surface area contributed by atoms with Crippen LogP contribution in [-0.4, -0.2) is 0 Å². The molecular weight excluding hydrogens is 265 g/mol. The van der Waals surface area contributed by atoms with E-state index in [-0.39, 0.29) is 17.1 Å². The first-order valence-electron chi connectivity index (χ1n) is 0.378. The van der Waals surface area contributed by atoms with E-state index in [4.69, 9.17) is 29.1 Å². The molecule has 0 N–H and O–H groups in total. The zero-order chi connectivity index (χ0) is 3.58. The van der Waals surface area contributed by atoms with Crippen LogP contribution in [0.25, 0.3) is 0 Å². The fourth-order valence-electron chi connectivity index (χ4n) is 0. The molecule has 0 rings (SSSR count). The summed E-state index contributed by atoms with van der Waals surface area (Å²) >= 11 is -1.66. The van der Waals surface area contributed by atoms with E-state index in [1.807, 2.05) is 0 Å². The van der Waals surface area contributed by atoms with Crippen LogP contribution in [0.1, 0.15) is 0 Å². The number of halogens is 3. The van der Waals surface area contributed by atoms with Gasteiger partial charge in [0.15, 0.2) is 0 Å². The normalized spacial score (nSPS) is 9.00. The summed E-state index contributed by atoms with van der Waals surface area (Å²) in [6.45, 7) is 0. The molecule has 0 aromatic carbocycles. The van der Waals surface area contributed by atoms with Crippen LogP contribution in [0.15, 0.2) is 0 Å². The Kier molecular flexibility index (Phi) is 12.1. The van der Waals surface area contributed by atoms with Gasteiger partial charge in [-0.05, 0) is 0 Å². The predicted molar refractivity (Wildman–Crippen MR) is 17.6 cm³/mol. The Bertz CT molecular complexity index is 11.6. The van der Waals surface area contributed by atoms with Gasteiger partial charge in [0.1, 0.15) is 0 Å². The quantitative estimate of drug-likeness (QED) is 0.588. The first-order chi connectivity index (χ1) is 1.73. The second-order valence-electron chi connectivity index (χ2n) is 0.143. The summed E-state index contributed by atoms with van der Waals surface area (Å²) in [6.07, 6.45) is 0. The summed E-state index contributed by atoms with van der Waals surface area (Å²) in [5.74, 6) is 0. The molecule has 0 aliphatic carbocycles. The Balaban J connectivity index is 0. The van der Waals surface area contributed by atoms with Gasteiger partial charge in [-0.15, -0.1) is 0 Å². The molecule has 5 heavy (non-hydrogen) atoms. The van der Waals surface area contributed by atoms with Gasteiger partial charge in [0.2, 0.25) is 0 Å². The molecule has 0 atom stereocenters. The third-order valence-electron chi connectivity index (χ3n) is 0. The van der Waals surface area contributed by atoms with Crippen LogP contribution in [0.3, 0.4) is 0 Å². The largest absolute Gasteiger partial charge is 0 e. The molecule has 0 aliphatic heterocycles. The van der Waals surface area contributed by atoms with Gasteiger partial charge in [-0.2, -0.15) is 0 Å². The zero-order valence-corrected chi connectivity index (χ0v) is 6.83. The van der Waals surface area contributed by atoms with Crippen molar-refractivity contribution in [2.45, 2.75) is 0 Å². The molecule has 0 bridgehead atoms. The minimum Gasteiger partial charge on any atom is 0 e. The van der Waals surface area contributed by atoms with Gasteiger partial charge in [-0.1, -0.05) is 0 Å². The van der Waals surface area contributed by atoms with Crippen molar-refractivity contribution in [1.29, 1.82) is 0 Å². The van der Waals surface area contributed by atoms with E-state index >= 15 is 0 Å². The molecule has 0 radical (unpaired) electrons. The first-order valence-corrected chi connectivity index (χ1v) is 6.71. The molecule has 0 spiro atoms. The zero-order valence-electron chi connectivity index (χ0n) is 1.82. The molecule has 0 unspecified atom stereocenters. The van der Waals surface area contributed by atoms with Crippen LogP contribution in [0, 0.1) is 0 Å². The van der Waals surface area contributed by atoms with Crippen molar-refractivity contribution in [2.75, 3.05) is 0 Å². The van der Waals surface area contributed by atoms with Gasteiger partial charge >= 0.3 is 42.1 Å². The van der Waals surface area contributed by atoms with Gasteiger partial charge in [0.05, 0.1) is 0 Å². The van der Waals surface area contributed by atoms with Crippen molar-refractivity contribution in [3.05, 3.63) is 0 Å². The summed E-state index contributed by atoms with van der Waals surface area (Å²) in [5, 5.41) is 0. The van der Waals surface area contributed by atoms with Crippen LogP contribution >= 0.6 is 29.1 Å². The second kappa shape index (κ2) is 6.01. The summed E-state index contributed by atoms with van der Waals surface area (Å²) in [7, 11) is 14.8. The minimum atomic E-state index is -1.66. The molecule has 0 aliphatic rings. The van der Waals surface area contributed by atoms with E-state index in [0.29, 0.717) is 0 Å². The van der Waals surface area contributed by atoms with Gasteiger partial charge in [-0.3, -0.25) is 0 Å². The topological polar surface area (TPSA) is 0 Å². The Labute approximate surface area is 58.7 Å². The Morgan fingerprint density at radius 2 is 1.00 bits per heavy atom. The average Bonchev–Trinajstić information content (AvgIpc) is 0.811. The molecule has 0 amide bonds. The molecule has 38 valence electrons. The summed E-state index contributed by atoms with van der Waals surface area (Å²) < 4.78 is 0. The molecule has 0 nitrogen and oxygen atoms in total. The molecular formula is Cl3FeRh. The SMILES string of the molecule is [Cl][Rh]([Cl])[Cl].[Fe]. The van der Waals surface area contributed by atoms with Crippen LogP contribution < -0.4 is 0 Å². The van der Waals surface area contributed by atoms with Crippen molar-refractivity contribution in [3.8, 4) is 0 Å². The van der Waals surface area contributed by atoms with Crippen LogP contribution in [0.4, 0.5) is 0 Å². The first kappa shape index (κ1) is 10.1. The van der Waals surface area contributed by atoms with Gasteiger partial charge < -0.3 is 0 Å². The Morgan fingerprint density at radius 3 is 1.00 bits per heavy atom. The summed E-state index contributed by atoms with van der Waals surface area (Å²) in [5.41, 5.74) is 0. The maximum absolute atomic E-state index is 4.94. The molecule has 0 fully saturated rings. The number of rotatable bonds is 0. The predicted octanol–water partition coefficient (Wildman–Crippen LogP) is 2.06. The molecule has 0 aromatic heterocycles. The van der Waals surface area contributed by atoms with Crippen molar-refractivity contribution in [3.63, 3.8) is 0 Å². The van der Waals surface area contributed by atoms with Crippen molar-refractivity contribution < 1.29 is 30.0 Å². The van der Waals surface area contributed by atoms with E-state index in [1.165, 1.54) is 0 Å². The summed E-state index contributed by atoms with van der Waals surface area (Å²) in [6, 6.07) is 0. The van der Waals surface area contributed by atoms with Crippen LogP contribution in [0.5, 0.6) is 0 Å². The Hall–Kier alpha value is 2.01. The third kappa shape index (κ3) is 23.9. The van der Waals surface area contributed by atoms with E-state index in [9.17, 15) is 0 Å². The van der Waals surface area contributed by atoms with Gasteiger partial charge in [0, 0.05) is 17.1 Å². The minimum absolute atomic E-state index is 0. The number of hydrogen-bond donors (Lipinski definition) is 0. The number of hydrogen-bond acceptors (Lipinski definition) is 0. The average molecular weight is 265 g/mol. The maximum Gasteiger partial charge on any atom is 0 e. The monoisotopic (exact) mass is 264 g/mol. The van der Waals surface area contributed by atoms with Crippen molar-refractivity contribution in [2.24, 2.45) is 0 Å². The molecule has 0 saturated carbocycles. The van der Waals surface area contributed by atoms with Crippen LogP contribution in [0.2, 0.25) is 0 Å². The van der Waals surface area contributed by atoms with Gasteiger partial charge in [-0.25, -0.2) is 0 Å². The maximum atomic E-state index is 4.94. The molecule has 0 heterocycles. The van der Waals surface area contributed by atoms with E-state index in [0.717, 1.165) is 0 Å². The van der Waals surface area contributed by atoms with Crippen molar-refractivity contribution >= 4 is 29.1 Å². The van der Waals surface area contributed by atoms with Gasteiger partial charge in [0.25, 0.3) is 0 Å². The van der Waals surface area contributed by atoms with Crippen molar-refractivity contribution in [1.82, 2.24) is 0 Å². The fraction of sp³-hybridized carbons (Fsp3) is 0. The molecule has 5 heteroatoms. The smallest absolute Gasteiger partial charge is 0 e. The van der Waals surface area contributed by atoms with E-state index in [2.05, 4.69) is 0 Å².